The van der Waals surface area contributed by atoms with Crippen molar-refractivity contribution in [3.8, 4) is 21.7 Å². The minimum absolute atomic E-state index is 0.0177. The molecule has 1 fully saturated rings. The number of nitrogen functional groups attached to an aromatic ring is 1. The van der Waals surface area contributed by atoms with Gasteiger partial charge >= 0.3 is 5.97 Å². The van der Waals surface area contributed by atoms with E-state index in [4.69, 9.17) is 10.5 Å². The first-order valence-corrected chi connectivity index (χ1v) is 13.6. The fourth-order valence-corrected chi connectivity index (χ4v) is 6.00. The fraction of sp³-hybridized carbons (Fsp3) is 0.357. The van der Waals surface area contributed by atoms with E-state index in [-0.39, 0.29) is 16.7 Å². The molecule has 0 saturated heterocycles. The standard InChI is InChI=1S/C28H31N5O4S/c1-17-3-5-20(6-4-17)27(34)32(13-14-37-2)22-16-23(38-26(22)28(35)36)19-9-7-18(8-10-19)21-15-25-30-12-11-24(29)33(25)31-21/h7-12,15-17,20H,3-6,13-14,29H2,1-2H3,(H,35,36). The van der Waals surface area contributed by atoms with E-state index >= 15 is 0 Å². The molecule has 1 aliphatic carbocycles. The molecule has 1 aromatic carbocycles. The molecule has 1 saturated carbocycles. The Bertz CT molecular complexity index is 1450. The summed E-state index contributed by atoms with van der Waals surface area (Å²) in [4.78, 5) is 32.7. The molecule has 4 aromatic rings. The second-order valence-electron chi connectivity index (χ2n) is 9.82. The van der Waals surface area contributed by atoms with Gasteiger partial charge in [0.15, 0.2) is 5.65 Å². The van der Waals surface area contributed by atoms with Crippen molar-refractivity contribution in [2.75, 3.05) is 30.9 Å². The monoisotopic (exact) mass is 533 g/mol. The summed E-state index contributed by atoms with van der Waals surface area (Å²) in [6.45, 7) is 2.84. The number of benzene rings is 1. The number of hydrogen-bond donors (Lipinski definition) is 2. The van der Waals surface area contributed by atoms with Crippen LogP contribution in [0.5, 0.6) is 0 Å². The van der Waals surface area contributed by atoms with Crippen molar-refractivity contribution >= 4 is 40.4 Å². The van der Waals surface area contributed by atoms with E-state index < -0.39 is 5.97 Å². The Balaban J connectivity index is 1.45. The summed E-state index contributed by atoms with van der Waals surface area (Å²) in [7, 11) is 1.58. The number of hydrogen-bond acceptors (Lipinski definition) is 7. The number of carbonyl (C=O) groups is 2. The number of nitrogens with zero attached hydrogens (tertiary/aromatic N) is 4. The SMILES string of the molecule is COCCN(C(=O)C1CCC(C)CC1)c1cc(-c2ccc(-c3cc4nccc(N)n4n3)cc2)sc1C(=O)O. The van der Waals surface area contributed by atoms with Crippen molar-refractivity contribution in [3.05, 3.63) is 53.5 Å². The van der Waals surface area contributed by atoms with Gasteiger partial charge in [0, 0.05) is 42.3 Å². The molecular weight excluding hydrogens is 502 g/mol. The van der Waals surface area contributed by atoms with Crippen molar-refractivity contribution in [2.24, 2.45) is 11.8 Å². The van der Waals surface area contributed by atoms with Gasteiger partial charge in [0.1, 0.15) is 10.7 Å². The third-order valence-corrected chi connectivity index (χ3v) is 8.36. The first-order valence-electron chi connectivity index (χ1n) is 12.7. The van der Waals surface area contributed by atoms with Gasteiger partial charge in [0.05, 0.1) is 18.0 Å². The zero-order chi connectivity index (χ0) is 26.8. The number of thiophene rings is 1. The van der Waals surface area contributed by atoms with Crippen LogP contribution in [0.4, 0.5) is 11.5 Å². The highest BCUT2D eigenvalue weighted by Gasteiger charge is 2.32. The average molecular weight is 534 g/mol. The molecule has 1 amide bonds. The second kappa shape index (κ2) is 10.9. The molecule has 198 valence electrons. The van der Waals surface area contributed by atoms with E-state index in [0.29, 0.717) is 36.2 Å². The van der Waals surface area contributed by atoms with E-state index in [9.17, 15) is 14.7 Å². The summed E-state index contributed by atoms with van der Waals surface area (Å²) in [6, 6.07) is 13.1. The molecule has 1 aliphatic rings. The Labute approximate surface area is 224 Å². The van der Waals surface area contributed by atoms with Crippen molar-refractivity contribution in [2.45, 2.75) is 32.6 Å². The lowest BCUT2D eigenvalue weighted by atomic mass is 9.82. The molecule has 0 radical (unpaired) electrons. The number of methoxy groups -OCH3 is 1. The van der Waals surface area contributed by atoms with E-state index in [2.05, 4.69) is 17.0 Å². The van der Waals surface area contributed by atoms with Gasteiger partial charge in [-0.2, -0.15) is 9.61 Å². The number of aromatic carboxylic acids is 1. The van der Waals surface area contributed by atoms with Crippen molar-refractivity contribution in [3.63, 3.8) is 0 Å². The normalized spacial score (nSPS) is 17.5. The van der Waals surface area contributed by atoms with Crippen LogP contribution in [-0.2, 0) is 9.53 Å². The zero-order valence-corrected chi connectivity index (χ0v) is 22.3. The summed E-state index contributed by atoms with van der Waals surface area (Å²) in [5.74, 6) is -0.0428. The number of rotatable bonds is 8. The van der Waals surface area contributed by atoms with Crippen LogP contribution in [0.1, 0.15) is 42.3 Å². The molecule has 0 spiro atoms. The number of carboxylic acid groups (broad SMARTS) is 1. The second-order valence-corrected chi connectivity index (χ2v) is 10.9. The molecule has 0 atom stereocenters. The molecule has 0 unspecified atom stereocenters. The Kier molecular flexibility index (Phi) is 7.44. The van der Waals surface area contributed by atoms with E-state index in [1.54, 1.807) is 28.8 Å². The quantitative estimate of drug-likeness (QED) is 0.319. The highest BCUT2D eigenvalue weighted by molar-refractivity contribution is 7.18. The van der Waals surface area contributed by atoms with Gasteiger partial charge in [-0.1, -0.05) is 31.2 Å². The maximum atomic E-state index is 13.6. The van der Waals surface area contributed by atoms with Gasteiger partial charge in [-0.3, -0.25) is 4.79 Å². The first kappa shape index (κ1) is 25.9. The molecule has 5 rings (SSSR count). The number of fused-ring (bicyclic) bond motifs is 1. The summed E-state index contributed by atoms with van der Waals surface area (Å²) < 4.78 is 6.86. The number of aromatic nitrogens is 3. The van der Waals surface area contributed by atoms with Crippen LogP contribution in [-0.4, -0.2) is 51.8 Å². The summed E-state index contributed by atoms with van der Waals surface area (Å²) in [6.07, 6.45) is 5.32. The summed E-state index contributed by atoms with van der Waals surface area (Å²) >= 11 is 1.17. The van der Waals surface area contributed by atoms with Crippen LogP contribution in [0.3, 0.4) is 0 Å². The lowest BCUT2D eigenvalue weighted by Gasteiger charge is -2.31. The highest BCUT2D eigenvalue weighted by atomic mass is 32.1. The van der Waals surface area contributed by atoms with Gasteiger partial charge in [-0.25, -0.2) is 9.78 Å². The van der Waals surface area contributed by atoms with Crippen LogP contribution in [0.25, 0.3) is 27.3 Å². The summed E-state index contributed by atoms with van der Waals surface area (Å²) in [5.41, 5.74) is 9.57. The minimum Gasteiger partial charge on any atom is -0.477 e. The lowest BCUT2D eigenvalue weighted by Crippen LogP contribution is -2.40. The van der Waals surface area contributed by atoms with Crippen molar-refractivity contribution < 1.29 is 19.4 Å². The third kappa shape index (κ3) is 5.14. The minimum atomic E-state index is -1.05. The maximum absolute atomic E-state index is 13.6. The molecular formula is C28H31N5O4S. The van der Waals surface area contributed by atoms with Gasteiger partial charge in [-0.05, 0) is 49.3 Å². The Morgan fingerprint density at radius 1 is 1.13 bits per heavy atom. The van der Waals surface area contributed by atoms with E-state index in [1.807, 2.05) is 36.4 Å². The van der Waals surface area contributed by atoms with Gasteiger partial charge in [0.25, 0.3) is 0 Å². The number of ether oxygens (including phenoxy) is 1. The average Bonchev–Trinajstić information content (AvgIpc) is 3.56. The zero-order valence-electron chi connectivity index (χ0n) is 21.5. The van der Waals surface area contributed by atoms with Gasteiger partial charge in [-0.15, -0.1) is 11.3 Å². The predicted octanol–water partition coefficient (Wildman–Crippen LogP) is 5.21. The first-order chi connectivity index (χ1) is 18.4. The number of carbonyl (C=O) groups excluding carboxylic acids is 1. The summed E-state index contributed by atoms with van der Waals surface area (Å²) in [5, 5.41) is 14.6. The number of carboxylic acids is 1. The van der Waals surface area contributed by atoms with Crippen LogP contribution in [0.15, 0.2) is 48.7 Å². The molecule has 9 nitrogen and oxygen atoms in total. The molecule has 0 aliphatic heterocycles. The highest BCUT2D eigenvalue weighted by Crippen LogP contribution is 2.39. The van der Waals surface area contributed by atoms with E-state index in [1.165, 1.54) is 11.3 Å². The topological polar surface area (TPSA) is 123 Å². The third-order valence-electron chi connectivity index (χ3n) is 7.20. The number of nitrogens with two attached hydrogens (primary N) is 1. The van der Waals surface area contributed by atoms with Crippen molar-refractivity contribution in [1.29, 1.82) is 0 Å². The smallest absolute Gasteiger partial charge is 0.348 e. The Morgan fingerprint density at radius 3 is 2.50 bits per heavy atom. The maximum Gasteiger partial charge on any atom is 0.348 e. The Hall–Kier alpha value is -3.76. The molecule has 0 bridgehead atoms. The number of amides is 1. The van der Waals surface area contributed by atoms with Crippen LogP contribution < -0.4 is 10.6 Å². The van der Waals surface area contributed by atoms with Crippen molar-refractivity contribution in [1.82, 2.24) is 14.6 Å². The molecule has 3 heterocycles. The lowest BCUT2D eigenvalue weighted by molar-refractivity contribution is -0.123. The Morgan fingerprint density at radius 2 is 1.84 bits per heavy atom. The molecule has 10 heteroatoms. The van der Waals surface area contributed by atoms with Gasteiger partial charge in [0.2, 0.25) is 5.91 Å². The molecule has 38 heavy (non-hydrogen) atoms. The predicted molar refractivity (Wildman–Crippen MR) is 148 cm³/mol. The fourth-order valence-electron chi connectivity index (χ4n) is 5.00. The molecule has 3 N–H and O–H groups in total. The van der Waals surface area contributed by atoms with Crippen LogP contribution >= 0.6 is 11.3 Å². The largest absolute Gasteiger partial charge is 0.477 e. The van der Waals surface area contributed by atoms with Gasteiger partial charge < -0.3 is 20.5 Å². The van der Waals surface area contributed by atoms with E-state index in [0.717, 1.165) is 47.4 Å². The molecule has 3 aromatic heterocycles. The number of anilines is 2. The van der Waals surface area contributed by atoms with Crippen LogP contribution in [0.2, 0.25) is 0 Å². The van der Waals surface area contributed by atoms with Crippen LogP contribution in [0, 0.1) is 11.8 Å².